The van der Waals surface area contributed by atoms with Crippen LogP contribution in [0.3, 0.4) is 0 Å². The standard InChI is InChI=1S/C11H17N3O3S/c1-8(12)5-6-11(15)14-9-3-2-4-10(7-9)18(13,16)17/h2-4,7-8H,5-6,12H2,1H3,(H,14,15)(H2,13,16,17). The minimum atomic E-state index is -3.76. The van der Waals surface area contributed by atoms with Crippen molar-refractivity contribution in [2.75, 3.05) is 5.32 Å². The van der Waals surface area contributed by atoms with E-state index in [-0.39, 0.29) is 23.3 Å². The summed E-state index contributed by atoms with van der Waals surface area (Å²) in [5, 5.41) is 7.59. The summed E-state index contributed by atoms with van der Waals surface area (Å²) in [4.78, 5) is 11.5. The molecule has 0 fully saturated rings. The lowest BCUT2D eigenvalue weighted by molar-refractivity contribution is -0.116. The van der Waals surface area contributed by atoms with Crippen molar-refractivity contribution in [3.63, 3.8) is 0 Å². The quantitative estimate of drug-likeness (QED) is 0.718. The summed E-state index contributed by atoms with van der Waals surface area (Å²) in [6.45, 7) is 1.81. The fourth-order valence-corrected chi connectivity index (χ4v) is 1.89. The number of hydrogen-bond donors (Lipinski definition) is 3. The Kier molecular flexibility index (Phi) is 4.83. The van der Waals surface area contributed by atoms with Crippen molar-refractivity contribution in [1.29, 1.82) is 0 Å². The molecule has 0 heterocycles. The molecule has 0 aromatic heterocycles. The molecule has 1 amide bonds. The van der Waals surface area contributed by atoms with E-state index >= 15 is 0 Å². The molecule has 1 aromatic rings. The van der Waals surface area contributed by atoms with Crippen molar-refractivity contribution in [3.8, 4) is 0 Å². The molecule has 0 radical (unpaired) electrons. The second-order valence-electron chi connectivity index (χ2n) is 4.14. The van der Waals surface area contributed by atoms with Crippen LogP contribution in [0.25, 0.3) is 0 Å². The Morgan fingerprint density at radius 1 is 1.44 bits per heavy atom. The van der Waals surface area contributed by atoms with Crippen LogP contribution in [0, 0.1) is 0 Å². The molecule has 1 aromatic carbocycles. The van der Waals surface area contributed by atoms with Gasteiger partial charge in [-0.25, -0.2) is 13.6 Å². The number of anilines is 1. The van der Waals surface area contributed by atoms with E-state index in [1.54, 1.807) is 6.07 Å². The van der Waals surface area contributed by atoms with Gasteiger partial charge in [0.15, 0.2) is 0 Å². The smallest absolute Gasteiger partial charge is 0.238 e. The number of sulfonamides is 1. The zero-order valence-electron chi connectivity index (χ0n) is 10.1. The van der Waals surface area contributed by atoms with Gasteiger partial charge in [0.2, 0.25) is 15.9 Å². The third kappa shape index (κ3) is 4.82. The fourth-order valence-electron chi connectivity index (χ4n) is 1.33. The first kappa shape index (κ1) is 14.6. The number of hydrogen-bond acceptors (Lipinski definition) is 4. The van der Waals surface area contributed by atoms with Crippen molar-refractivity contribution in [2.45, 2.75) is 30.7 Å². The molecule has 1 rings (SSSR count). The van der Waals surface area contributed by atoms with E-state index in [4.69, 9.17) is 10.9 Å². The number of carbonyl (C=O) groups is 1. The van der Waals surface area contributed by atoms with Crippen LogP contribution in [0.5, 0.6) is 0 Å². The summed E-state index contributed by atoms with van der Waals surface area (Å²) >= 11 is 0. The minimum Gasteiger partial charge on any atom is -0.328 e. The Balaban J connectivity index is 2.71. The molecule has 0 bridgehead atoms. The van der Waals surface area contributed by atoms with Gasteiger partial charge in [0, 0.05) is 18.2 Å². The number of amides is 1. The molecular formula is C11H17N3O3S. The molecule has 0 aliphatic heterocycles. The van der Waals surface area contributed by atoms with Crippen LogP contribution in [0.1, 0.15) is 19.8 Å². The summed E-state index contributed by atoms with van der Waals surface area (Å²) in [5.74, 6) is -0.209. The van der Waals surface area contributed by atoms with E-state index < -0.39 is 10.0 Å². The van der Waals surface area contributed by atoms with Crippen molar-refractivity contribution in [1.82, 2.24) is 0 Å². The topological polar surface area (TPSA) is 115 Å². The fraction of sp³-hybridized carbons (Fsp3) is 0.364. The maximum atomic E-state index is 11.5. The van der Waals surface area contributed by atoms with Crippen molar-refractivity contribution < 1.29 is 13.2 Å². The van der Waals surface area contributed by atoms with Gasteiger partial charge < -0.3 is 11.1 Å². The summed E-state index contributed by atoms with van der Waals surface area (Å²) in [7, 11) is -3.76. The Morgan fingerprint density at radius 3 is 2.67 bits per heavy atom. The van der Waals surface area contributed by atoms with Crippen LogP contribution < -0.4 is 16.2 Å². The summed E-state index contributed by atoms with van der Waals surface area (Å²) in [6.07, 6.45) is 0.859. The van der Waals surface area contributed by atoms with Crippen LogP contribution in [0.4, 0.5) is 5.69 Å². The largest absolute Gasteiger partial charge is 0.328 e. The number of rotatable bonds is 5. The SMILES string of the molecule is CC(N)CCC(=O)Nc1cccc(S(N)(=O)=O)c1. The Hall–Kier alpha value is -1.44. The second kappa shape index (κ2) is 5.94. The molecular weight excluding hydrogens is 254 g/mol. The van der Waals surface area contributed by atoms with Gasteiger partial charge in [0.1, 0.15) is 0 Å². The molecule has 0 aliphatic carbocycles. The molecule has 18 heavy (non-hydrogen) atoms. The predicted molar refractivity (Wildman–Crippen MR) is 69.3 cm³/mol. The van der Waals surface area contributed by atoms with Gasteiger partial charge in [-0.15, -0.1) is 0 Å². The Morgan fingerprint density at radius 2 is 2.11 bits per heavy atom. The highest BCUT2D eigenvalue weighted by atomic mass is 32.2. The van der Waals surface area contributed by atoms with Crippen LogP contribution in [0.2, 0.25) is 0 Å². The lowest BCUT2D eigenvalue weighted by Crippen LogP contribution is -2.19. The van der Waals surface area contributed by atoms with Crippen molar-refractivity contribution in [3.05, 3.63) is 24.3 Å². The van der Waals surface area contributed by atoms with Crippen LogP contribution in [-0.2, 0) is 14.8 Å². The van der Waals surface area contributed by atoms with Gasteiger partial charge in [-0.3, -0.25) is 4.79 Å². The highest BCUT2D eigenvalue weighted by Gasteiger charge is 2.09. The van der Waals surface area contributed by atoms with Crippen molar-refractivity contribution in [2.24, 2.45) is 10.9 Å². The Labute approximate surface area is 106 Å². The molecule has 1 atom stereocenters. The third-order valence-corrected chi connectivity index (χ3v) is 3.18. The van der Waals surface area contributed by atoms with Gasteiger partial charge in [0.05, 0.1) is 4.90 Å². The van der Waals surface area contributed by atoms with Crippen molar-refractivity contribution >= 4 is 21.6 Å². The number of primary sulfonamides is 1. The first-order valence-electron chi connectivity index (χ1n) is 5.47. The second-order valence-corrected chi connectivity index (χ2v) is 5.70. The molecule has 5 N–H and O–H groups in total. The normalized spacial score (nSPS) is 13.1. The highest BCUT2D eigenvalue weighted by molar-refractivity contribution is 7.89. The van der Waals surface area contributed by atoms with E-state index in [1.165, 1.54) is 18.2 Å². The Bertz CT molecular complexity index is 526. The minimum absolute atomic E-state index is 0.0347. The first-order valence-corrected chi connectivity index (χ1v) is 7.02. The zero-order valence-corrected chi connectivity index (χ0v) is 10.9. The van der Waals surface area contributed by atoms with Gasteiger partial charge in [-0.2, -0.15) is 0 Å². The highest BCUT2D eigenvalue weighted by Crippen LogP contribution is 2.14. The lowest BCUT2D eigenvalue weighted by atomic mass is 10.2. The van der Waals surface area contributed by atoms with Crippen LogP contribution >= 0.6 is 0 Å². The van der Waals surface area contributed by atoms with Crippen LogP contribution in [0.15, 0.2) is 29.2 Å². The number of carbonyl (C=O) groups excluding carboxylic acids is 1. The van der Waals surface area contributed by atoms with Crippen LogP contribution in [-0.4, -0.2) is 20.4 Å². The zero-order chi connectivity index (χ0) is 13.8. The molecule has 6 nitrogen and oxygen atoms in total. The van der Waals surface area contributed by atoms with E-state index in [9.17, 15) is 13.2 Å². The van der Waals surface area contributed by atoms with Gasteiger partial charge in [-0.05, 0) is 31.5 Å². The summed E-state index contributed by atoms with van der Waals surface area (Å²) in [5.41, 5.74) is 5.94. The van der Waals surface area contributed by atoms with E-state index in [0.717, 1.165) is 0 Å². The first-order chi connectivity index (χ1) is 8.29. The molecule has 0 saturated heterocycles. The van der Waals surface area contributed by atoms with Gasteiger partial charge in [0.25, 0.3) is 0 Å². The lowest BCUT2D eigenvalue weighted by Gasteiger charge is -2.07. The average molecular weight is 271 g/mol. The molecule has 0 spiro atoms. The van der Waals surface area contributed by atoms with E-state index in [1.807, 2.05) is 6.92 Å². The third-order valence-electron chi connectivity index (χ3n) is 2.27. The maximum absolute atomic E-state index is 11.5. The summed E-state index contributed by atoms with van der Waals surface area (Å²) in [6, 6.07) is 5.75. The van der Waals surface area contributed by atoms with E-state index in [0.29, 0.717) is 12.1 Å². The van der Waals surface area contributed by atoms with E-state index in [2.05, 4.69) is 5.32 Å². The van der Waals surface area contributed by atoms with Gasteiger partial charge >= 0.3 is 0 Å². The number of nitrogens with one attached hydrogen (secondary N) is 1. The molecule has 0 aliphatic rings. The maximum Gasteiger partial charge on any atom is 0.238 e. The molecule has 1 unspecified atom stereocenters. The number of benzene rings is 1. The molecule has 7 heteroatoms. The summed E-state index contributed by atoms with van der Waals surface area (Å²) < 4.78 is 22.3. The predicted octanol–water partition coefficient (Wildman–Crippen LogP) is 0.400. The monoisotopic (exact) mass is 271 g/mol. The number of nitrogens with two attached hydrogens (primary N) is 2. The van der Waals surface area contributed by atoms with Gasteiger partial charge in [-0.1, -0.05) is 6.07 Å². The molecule has 0 saturated carbocycles. The molecule has 100 valence electrons. The average Bonchev–Trinajstić information content (AvgIpc) is 2.25.